The number of para-hydroxylation sites is 1. The highest BCUT2D eigenvalue weighted by Gasteiger charge is 2.31. The summed E-state index contributed by atoms with van der Waals surface area (Å²) in [7, 11) is 0. The highest BCUT2D eigenvalue weighted by molar-refractivity contribution is 5.79. The summed E-state index contributed by atoms with van der Waals surface area (Å²) in [6.07, 6.45) is 0. The Balaban J connectivity index is 1.93. The number of carbonyl (C=O) groups is 1. The van der Waals surface area contributed by atoms with E-state index in [4.69, 9.17) is 14.2 Å². The molecule has 0 atom stereocenters. The van der Waals surface area contributed by atoms with E-state index >= 15 is 0 Å². The molecule has 0 bridgehead atoms. The number of benzene rings is 2. The van der Waals surface area contributed by atoms with Crippen LogP contribution in [-0.2, 0) is 16.1 Å². The average molecular weight is 314 g/mol. The third-order valence-electron chi connectivity index (χ3n) is 3.21. The van der Waals surface area contributed by atoms with E-state index in [1.807, 2.05) is 54.6 Å². The minimum atomic E-state index is -1.02. The van der Waals surface area contributed by atoms with Crippen molar-refractivity contribution >= 4 is 5.97 Å². The van der Waals surface area contributed by atoms with Gasteiger partial charge in [0.2, 0.25) is 0 Å². The smallest absolute Gasteiger partial charge is 0.349 e. The van der Waals surface area contributed by atoms with Crippen molar-refractivity contribution in [1.29, 1.82) is 0 Å². The first-order valence-electron chi connectivity index (χ1n) is 7.64. The highest BCUT2D eigenvalue weighted by atomic mass is 16.6. The summed E-state index contributed by atoms with van der Waals surface area (Å²) >= 11 is 0. The van der Waals surface area contributed by atoms with Gasteiger partial charge in [-0.2, -0.15) is 0 Å². The molecule has 0 spiro atoms. The zero-order chi connectivity index (χ0) is 16.7. The number of rotatable bonds is 7. The normalized spacial score (nSPS) is 10.9. The van der Waals surface area contributed by atoms with Crippen LogP contribution in [0.1, 0.15) is 26.3 Å². The molecular weight excluding hydrogens is 292 g/mol. The topological polar surface area (TPSA) is 44.8 Å². The Morgan fingerprint density at radius 3 is 2.22 bits per heavy atom. The monoisotopic (exact) mass is 314 g/mol. The molecule has 0 heterocycles. The van der Waals surface area contributed by atoms with Gasteiger partial charge in [-0.05, 0) is 50.6 Å². The van der Waals surface area contributed by atoms with Crippen molar-refractivity contribution in [2.24, 2.45) is 0 Å². The maximum atomic E-state index is 11.8. The molecule has 0 N–H and O–H groups in total. The first-order chi connectivity index (χ1) is 11.0. The van der Waals surface area contributed by atoms with Gasteiger partial charge in [0.25, 0.3) is 0 Å². The van der Waals surface area contributed by atoms with E-state index in [1.165, 1.54) is 0 Å². The number of hydrogen-bond donors (Lipinski definition) is 0. The standard InChI is InChI=1S/C19H22O4/c1-4-21-18(20)19(2,3)23-17-12-10-15(11-13-17)14-22-16-8-6-5-7-9-16/h5-13H,4,14H2,1-3H3. The second-order valence-electron chi connectivity index (χ2n) is 5.58. The van der Waals surface area contributed by atoms with E-state index in [0.29, 0.717) is 19.0 Å². The number of carbonyl (C=O) groups excluding carboxylic acids is 1. The van der Waals surface area contributed by atoms with Crippen molar-refractivity contribution in [3.63, 3.8) is 0 Å². The van der Waals surface area contributed by atoms with Crippen molar-refractivity contribution in [3.05, 3.63) is 60.2 Å². The first-order valence-corrected chi connectivity index (χ1v) is 7.64. The van der Waals surface area contributed by atoms with Gasteiger partial charge in [-0.1, -0.05) is 30.3 Å². The predicted octanol–water partition coefficient (Wildman–Crippen LogP) is 3.99. The van der Waals surface area contributed by atoms with Crippen LogP contribution in [0.25, 0.3) is 0 Å². The second kappa shape index (κ2) is 7.68. The number of esters is 1. The lowest BCUT2D eigenvalue weighted by atomic mass is 10.1. The highest BCUT2D eigenvalue weighted by Crippen LogP contribution is 2.21. The zero-order valence-electron chi connectivity index (χ0n) is 13.7. The molecule has 0 aliphatic heterocycles. The number of ether oxygens (including phenoxy) is 3. The lowest BCUT2D eigenvalue weighted by Crippen LogP contribution is -2.39. The van der Waals surface area contributed by atoms with Crippen LogP contribution in [-0.4, -0.2) is 18.2 Å². The minimum Gasteiger partial charge on any atom is -0.489 e. The molecule has 0 saturated carbocycles. The third kappa shape index (κ3) is 5.02. The van der Waals surface area contributed by atoms with Gasteiger partial charge in [-0.25, -0.2) is 4.79 Å². The van der Waals surface area contributed by atoms with Crippen LogP contribution in [0, 0.1) is 0 Å². The van der Waals surface area contributed by atoms with Crippen LogP contribution in [0.15, 0.2) is 54.6 Å². The van der Waals surface area contributed by atoms with E-state index < -0.39 is 5.60 Å². The fourth-order valence-corrected chi connectivity index (χ4v) is 1.98. The lowest BCUT2D eigenvalue weighted by Gasteiger charge is -2.24. The predicted molar refractivity (Wildman–Crippen MR) is 88.6 cm³/mol. The summed E-state index contributed by atoms with van der Waals surface area (Å²) in [4.78, 5) is 11.8. The van der Waals surface area contributed by atoms with Gasteiger partial charge in [0.1, 0.15) is 18.1 Å². The molecule has 0 aromatic heterocycles. The molecule has 0 radical (unpaired) electrons. The molecule has 2 rings (SSSR count). The Morgan fingerprint density at radius 1 is 0.957 bits per heavy atom. The summed E-state index contributed by atoms with van der Waals surface area (Å²) in [5.74, 6) is 1.07. The van der Waals surface area contributed by atoms with E-state index in [0.717, 1.165) is 11.3 Å². The molecule has 0 aliphatic rings. The Bertz CT molecular complexity index is 618. The van der Waals surface area contributed by atoms with Crippen LogP contribution in [0.2, 0.25) is 0 Å². The lowest BCUT2D eigenvalue weighted by molar-refractivity contribution is -0.158. The van der Waals surface area contributed by atoms with Crippen molar-refractivity contribution in [1.82, 2.24) is 0 Å². The summed E-state index contributed by atoms with van der Waals surface area (Å²) in [5, 5.41) is 0. The van der Waals surface area contributed by atoms with Gasteiger partial charge in [-0.15, -0.1) is 0 Å². The maximum Gasteiger partial charge on any atom is 0.349 e. The van der Waals surface area contributed by atoms with Gasteiger partial charge in [0.05, 0.1) is 6.61 Å². The third-order valence-corrected chi connectivity index (χ3v) is 3.21. The Morgan fingerprint density at radius 2 is 1.61 bits per heavy atom. The molecule has 0 aliphatic carbocycles. The summed E-state index contributed by atoms with van der Waals surface area (Å²) < 4.78 is 16.4. The molecule has 4 nitrogen and oxygen atoms in total. The van der Waals surface area contributed by atoms with Crippen molar-refractivity contribution < 1.29 is 19.0 Å². The van der Waals surface area contributed by atoms with E-state index in [1.54, 1.807) is 20.8 Å². The van der Waals surface area contributed by atoms with Gasteiger partial charge >= 0.3 is 5.97 Å². The van der Waals surface area contributed by atoms with E-state index in [2.05, 4.69) is 0 Å². The molecule has 2 aromatic rings. The minimum absolute atomic E-state index is 0.335. The molecule has 2 aromatic carbocycles. The molecule has 0 unspecified atom stereocenters. The van der Waals surface area contributed by atoms with Gasteiger partial charge < -0.3 is 14.2 Å². The van der Waals surface area contributed by atoms with Crippen molar-refractivity contribution in [2.75, 3.05) is 6.61 Å². The quantitative estimate of drug-likeness (QED) is 0.725. The fraction of sp³-hybridized carbons (Fsp3) is 0.316. The van der Waals surface area contributed by atoms with Crippen LogP contribution in [0.4, 0.5) is 0 Å². The van der Waals surface area contributed by atoms with Crippen LogP contribution in [0.3, 0.4) is 0 Å². The SMILES string of the molecule is CCOC(=O)C(C)(C)Oc1ccc(COc2ccccc2)cc1. The Hall–Kier alpha value is -2.49. The van der Waals surface area contributed by atoms with Gasteiger partial charge in [-0.3, -0.25) is 0 Å². The molecular formula is C19H22O4. The average Bonchev–Trinajstić information content (AvgIpc) is 2.55. The van der Waals surface area contributed by atoms with E-state index in [9.17, 15) is 4.79 Å². The van der Waals surface area contributed by atoms with Gasteiger partial charge in [0.15, 0.2) is 5.60 Å². The first kappa shape index (κ1) is 16.9. The number of hydrogen-bond acceptors (Lipinski definition) is 4. The second-order valence-corrected chi connectivity index (χ2v) is 5.58. The largest absolute Gasteiger partial charge is 0.489 e. The Labute approximate surface area is 137 Å². The van der Waals surface area contributed by atoms with E-state index in [-0.39, 0.29) is 5.97 Å². The molecule has 23 heavy (non-hydrogen) atoms. The Kier molecular flexibility index (Phi) is 5.63. The molecule has 0 amide bonds. The van der Waals surface area contributed by atoms with Gasteiger partial charge in [0, 0.05) is 0 Å². The molecule has 122 valence electrons. The van der Waals surface area contributed by atoms with Crippen LogP contribution in [0.5, 0.6) is 11.5 Å². The summed E-state index contributed by atoms with van der Waals surface area (Å²) in [6, 6.07) is 17.1. The van der Waals surface area contributed by atoms with Crippen molar-refractivity contribution in [3.8, 4) is 11.5 Å². The van der Waals surface area contributed by atoms with Crippen molar-refractivity contribution in [2.45, 2.75) is 33.0 Å². The van der Waals surface area contributed by atoms with Crippen LogP contribution >= 0.6 is 0 Å². The fourth-order valence-electron chi connectivity index (χ4n) is 1.98. The molecule has 0 saturated heterocycles. The molecule has 4 heteroatoms. The zero-order valence-corrected chi connectivity index (χ0v) is 13.7. The maximum absolute atomic E-state index is 11.8. The van der Waals surface area contributed by atoms with Crippen LogP contribution < -0.4 is 9.47 Å². The summed E-state index contributed by atoms with van der Waals surface area (Å²) in [5.41, 5.74) is 0.00747. The summed E-state index contributed by atoms with van der Waals surface area (Å²) in [6.45, 7) is 5.97. The molecule has 0 fully saturated rings.